The number of aromatic nitrogens is 4. The largest absolute Gasteiger partial charge is 0.385 e. The van der Waals surface area contributed by atoms with E-state index in [0.717, 1.165) is 42.1 Å². The fraction of sp³-hybridized carbons (Fsp3) is 0.235. The third kappa shape index (κ3) is 3.38. The number of pyridine rings is 1. The van der Waals surface area contributed by atoms with Gasteiger partial charge < -0.3 is 4.74 Å². The van der Waals surface area contributed by atoms with Gasteiger partial charge in [0.05, 0.1) is 5.69 Å². The Balaban J connectivity index is 1.73. The Morgan fingerprint density at radius 2 is 1.91 bits per heavy atom. The molecule has 0 aliphatic carbocycles. The van der Waals surface area contributed by atoms with E-state index >= 15 is 0 Å². The third-order valence-electron chi connectivity index (χ3n) is 3.38. The van der Waals surface area contributed by atoms with Crippen LogP contribution in [0.3, 0.4) is 0 Å². The maximum Gasteiger partial charge on any atom is 0.182 e. The monoisotopic (exact) mass is 294 g/mol. The van der Waals surface area contributed by atoms with Crippen molar-refractivity contribution in [3.05, 3.63) is 54.5 Å². The van der Waals surface area contributed by atoms with Crippen LogP contribution in [0.25, 0.3) is 22.6 Å². The molecular weight excluding hydrogens is 276 g/mol. The zero-order valence-electron chi connectivity index (χ0n) is 12.5. The van der Waals surface area contributed by atoms with Gasteiger partial charge >= 0.3 is 0 Å². The number of aryl methyl sites for hydroxylation is 1. The standard InChI is InChI=1S/C17H18N4O/c1-22-11-5-8-16-19-17(21-20-16)14-9-10-15(18-12-14)13-6-3-2-4-7-13/h2-4,6-7,9-10,12H,5,8,11H2,1H3,(H,19,20,21). The van der Waals surface area contributed by atoms with E-state index in [2.05, 4.69) is 20.2 Å². The minimum absolute atomic E-state index is 0.680. The van der Waals surface area contributed by atoms with E-state index in [1.807, 2.05) is 48.7 Å². The SMILES string of the molecule is COCCCc1nc(-c2ccc(-c3ccccc3)nc2)n[nH]1. The van der Waals surface area contributed by atoms with E-state index in [1.54, 1.807) is 7.11 Å². The fourth-order valence-corrected chi connectivity index (χ4v) is 2.23. The van der Waals surface area contributed by atoms with Crippen molar-refractivity contribution in [3.63, 3.8) is 0 Å². The predicted molar refractivity (Wildman–Crippen MR) is 85.2 cm³/mol. The molecule has 0 saturated carbocycles. The lowest BCUT2D eigenvalue weighted by molar-refractivity contribution is 0.194. The van der Waals surface area contributed by atoms with Gasteiger partial charge in [0.25, 0.3) is 0 Å². The summed E-state index contributed by atoms with van der Waals surface area (Å²) in [7, 11) is 1.70. The number of H-pyrrole nitrogens is 1. The van der Waals surface area contributed by atoms with E-state index in [1.165, 1.54) is 0 Å². The molecule has 2 aromatic heterocycles. The van der Waals surface area contributed by atoms with Crippen LogP contribution in [0.5, 0.6) is 0 Å². The summed E-state index contributed by atoms with van der Waals surface area (Å²) in [6, 6.07) is 14.1. The molecule has 0 aliphatic rings. The van der Waals surface area contributed by atoms with Crippen LogP contribution < -0.4 is 0 Å². The number of ether oxygens (including phenoxy) is 1. The number of hydrogen-bond acceptors (Lipinski definition) is 4. The summed E-state index contributed by atoms with van der Waals surface area (Å²) in [6.07, 6.45) is 3.57. The van der Waals surface area contributed by atoms with Crippen molar-refractivity contribution >= 4 is 0 Å². The molecule has 0 spiro atoms. The number of nitrogens with one attached hydrogen (secondary N) is 1. The second kappa shape index (κ2) is 6.95. The zero-order chi connectivity index (χ0) is 15.2. The molecular formula is C17H18N4O. The van der Waals surface area contributed by atoms with Crippen molar-refractivity contribution in [2.24, 2.45) is 0 Å². The lowest BCUT2D eigenvalue weighted by atomic mass is 10.1. The topological polar surface area (TPSA) is 63.7 Å². The Hall–Kier alpha value is -2.53. The number of aromatic amines is 1. The second-order valence-electron chi connectivity index (χ2n) is 5.00. The van der Waals surface area contributed by atoms with Crippen LogP contribution >= 0.6 is 0 Å². The number of benzene rings is 1. The highest BCUT2D eigenvalue weighted by Gasteiger charge is 2.07. The van der Waals surface area contributed by atoms with Crippen LogP contribution in [-0.4, -0.2) is 33.9 Å². The zero-order valence-corrected chi connectivity index (χ0v) is 12.5. The molecule has 0 amide bonds. The van der Waals surface area contributed by atoms with Crippen LogP contribution in [-0.2, 0) is 11.2 Å². The highest BCUT2D eigenvalue weighted by atomic mass is 16.5. The Morgan fingerprint density at radius 1 is 1.05 bits per heavy atom. The molecule has 112 valence electrons. The smallest absolute Gasteiger partial charge is 0.182 e. The molecule has 5 nitrogen and oxygen atoms in total. The Labute approximate surface area is 129 Å². The minimum atomic E-state index is 0.680. The summed E-state index contributed by atoms with van der Waals surface area (Å²) < 4.78 is 5.04. The minimum Gasteiger partial charge on any atom is -0.385 e. The molecule has 0 saturated heterocycles. The Bertz CT molecular complexity index is 707. The maximum absolute atomic E-state index is 5.04. The van der Waals surface area contributed by atoms with E-state index in [4.69, 9.17) is 4.74 Å². The lowest BCUT2D eigenvalue weighted by Gasteiger charge is -2.01. The number of rotatable bonds is 6. The molecule has 2 heterocycles. The molecule has 22 heavy (non-hydrogen) atoms. The van der Waals surface area contributed by atoms with Gasteiger partial charge in [-0.05, 0) is 18.6 Å². The maximum atomic E-state index is 5.04. The summed E-state index contributed by atoms with van der Waals surface area (Å²) in [5.41, 5.74) is 2.96. The van der Waals surface area contributed by atoms with Crippen LogP contribution in [0, 0.1) is 0 Å². The van der Waals surface area contributed by atoms with Gasteiger partial charge in [0.2, 0.25) is 0 Å². The van der Waals surface area contributed by atoms with E-state index in [0.29, 0.717) is 5.82 Å². The van der Waals surface area contributed by atoms with Gasteiger partial charge in [-0.1, -0.05) is 30.3 Å². The van der Waals surface area contributed by atoms with Gasteiger partial charge in [-0.15, -0.1) is 0 Å². The summed E-state index contributed by atoms with van der Waals surface area (Å²) in [4.78, 5) is 8.99. The molecule has 3 aromatic rings. The fourth-order valence-electron chi connectivity index (χ4n) is 2.23. The van der Waals surface area contributed by atoms with Gasteiger partial charge in [-0.25, -0.2) is 4.98 Å². The van der Waals surface area contributed by atoms with Crippen LogP contribution in [0.15, 0.2) is 48.7 Å². The van der Waals surface area contributed by atoms with Crippen molar-refractivity contribution in [2.45, 2.75) is 12.8 Å². The highest BCUT2D eigenvalue weighted by molar-refractivity contribution is 5.62. The number of nitrogens with zero attached hydrogens (tertiary/aromatic N) is 3. The molecule has 0 bridgehead atoms. The average Bonchev–Trinajstić information content (AvgIpc) is 3.05. The first-order valence-electron chi connectivity index (χ1n) is 7.29. The molecule has 0 fully saturated rings. The van der Waals surface area contributed by atoms with Crippen molar-refractivity contribution in [2.75, 3.05) is 13.7 Å². The predicted octanol–water partition coefficient (Wildman–Crippen LogP) is 3.11. The average molecular weight is 294 g/mol. The molecule has 0 atom stereocenters. The van der Waals surface area contributed by atoms with Crippen LogP contribution in [0.2, 0.25) is 0 Å². The molecule has 0 aliphatic heterocycles. The van der Waals surface area contributed by atoms with Crippen LogP contribution in [0.1, 0.15) is 12.2 Å². The van der Waals surface area contributed by atoms with Crippen molar-refractivity contribution in [3.8, 4) is 22.6 Å². The second-order valence-corrected chi connectivity index (χ2v) is 5.00. The summed E-state index contributed by atoms with van der Waals surface area (Å²) in [5.74, 6) is 1.55. The number of hydrogen-bond donors (Lipinski definition) is 1. The van der Waals surface area contributed by atoms with Crippen molar-refractivity contribution in [1.82, 2.24) is 20.2 Å². The lowest BCUT2D eigenvalue weighted by Crippen LogP contribution is -1.94. The van der Waals surface area contributed by atoms with Crippen molar-refractivity contribution in [1.29, 1.82) is 0 Å². The van der Waals surface area contributed by atoms with Crippen LogP contribution in [0.4, 0.5) is 0 Å². The van der Waals surface area contributed by atoms with Gasteiger partial charge in [0, 0.05) is 37.5 Å². The Morgan fingerprint density at radius 3 is 2.64 bits per heavy atom. The number of methoxy groups -OCH3 is 1. The Kier molecular flexibility index (Phi) is 4.56. The van der Waals surface area contributed by atoms with Gasteiger partial charge in [0.15, 0.2) is 5.82 Å². The van der Waals surface area contributed by atoms with E-state index in [9.17, 15) is 0 Å². The van der Waals surface area contributed by atoms with E-state index in [-0.39, 0.29) is 0 Å². The van der Waals surface area contributed by atoms with E-state index < -0.39 is 0 Å². The van der Waals surface area contributed by atoms with Gasteiger partial charge in [-0.2, -0.15) is 5.10 Å². The van der Waals surface area contributed by atoms with Gasteiger partial charge in [0.1, 0.15) is 5.82 Å². The molecule has 5 heteroatoms. The first-order valence-corrected chi connectivity index (χ1v) is 7.29. The first kappa shape index (κ1) is 14.4. The molecule has 3 rings (SSSR count). The first-order chi connectivity index (χ1) is 10.9. The molecule has 1 N–H and O–H groups in total. The normalized spacial score (nSPS) is 10.8. The van der Waals surface area contributed by atoms with Gasteiger partial charge in [-0.3, -0.25) is 10.1 Å². The molecule has 1 aromatic carbocycles. The van der Waals surface area contributed by atoms with Crippen molar-refractivity contribution < 1.29 is 4.74 Å². The molecule has 0 radical (unpaired) electrons. The highest BCUT2D eigenvalue weighted by Crippen LogP contribution is 2.20. The third-order valence-corrected chi connectivity index (χ3v) is 3.38. The quantitative estimate of drug-likeness (QED) is 0.709. The summed E-state index contributed by atoms with van der Waals surface area (Å²) >= 11 is 0. The molecule has 0 unspecified atom stereocenters. The summed E-state index contributed by atoms with van der Waals surface area (Å²) in [5, 5.41) is 7.22. The summed E-state index contributed by atoms with van der Waals surface area (Å²) in [6.45, 7) is 0.726.